The van der Waals surface area contributed by atoms with Gasteiger partial charge in [0.25, 0.3) is 23.3 Å². The van der Waals surface area contributed by atoms with E-state index in [1.54, 1.807) is 55.5 Å². The Bertz CT molecular complexity index is 5210. The number of fused-ring (bicyclic) bond motifs is 12. The smallest absolute Gasteiger partial charge is 0.447 e. The summed E-state index contributed by atoms with van der Waals surface area (Å²) in [4.78, 5) is 25.8. The molecule has 16 heterocycles. The number of anilines is 4. The van der Waals surface area contributed by atoms with Crippen molar-refractivity contribution in [2.24, 2.45) is 28.2 Å². The maximum Gasteiger partial charge on any atom is 0.447 e. The molecule has 0 saturated heterocycles. The minimum atomic E-state index is -2.12. The molecule has 0 radical (unpaired) electrons. The van der Waals surface area contributed by atoms with Crippen LogP contribution >= 0.6 is 0 Å². The van der Waals surface area contributed by atoms with Gasteiger partial charge in [0.1, 0.15) is 22.9 Å². The summed E-state index contributed by atoms with van der Waals surface area (Å²) in [6.07, 6.45) is 29.9. The van der Waals surface area contributed by atoms with Crippen molar-refractivity contribution in [1.29, 1.82) is 0 Å². The Morgan fingerprint density at radius 1 is 0.404 bits per heavy atom. The molecule has 0 amide bonds. The molecular weight excluding hydrogens is 1100 g/mol. The van der Waals surface area contributed by atoms with Crippen molar-refractivity contribution >= 4 is 141 Å². The summed E-state index contributed by atoms with van der Waals surface area (Å²) >= 11 is 0. The topological polar surface area (TPSA) is 133 Å². The Morgan fingerprint density at radius 2 is 0.820 bits per heavy atom. The van der Waals surface area contributed by atoms with E-state index in [4.69, 9.17) is 30.0 Å². The van der Waals surface area contributed by atoms with Gasteiger partial charge in [-0.1, -0.05) is 0 Å². The zero-order valence-corrected chi connectivity index (χ0v) is 51.2. The van der Waals surface area contributed by atoms with Crippen LogP contribution in [0, 0.1) is 34.4 Å². The molecule has 438 valence electrons. The largest absolute Gasteiger partial charge is 0.447 e. The van der Waals surface area contributed by atoms with Crippen LogP contribution in [-0.4, -0.2) is 47.3 Å². The van der Waals surface area contributed by atoms with Gasteiger partial charge in [0.05, 0.1) is 77.8 Å². The van der Waals surface area contributed by atoms with Crippen molar-refractivity contribution in [3.8, 4) is 0 Å². The molecule has 0 saturated carbocycles. The molecule has 0 aromatic carbocycles. The molecule has 0 bridgehead atoms. The lowest BCUT2D eigenvalue weighted by atomic mass is 9.54. The number of rotatable bonds is 4. The Balaban J connectivity index is 0.000000118. The first-order valence-electron chi connectivity index (χ1n) is 34.0. The molecular formula is C69H70B4N12O4+4. The van der Waals surface area contributed by atoms with Gasteiger partial charge in [-0.3, -0.25) is 19.2 Å². The molecule has 4 aliphatic rings. The normalized spacial score (nSPS) is 15.7. The van der Waals surface area contributed by atoms with Crippen molar-refractivity contribution in [2.75, 3.05) is 19.2 Å². The van der Waals surface area contributed by atoms with E-state index in [0.717, 1.165) is 89.8 Å². The van der Waals surface area contributed by atoms with Crippen LogP contribution < -0.4 is 59.6 Å². The minimum absolute atomic E-state index is 0.0287. The van der Waals surface area contributed by atoms with E-state index in [1.807, 2.05) is 145 Å². The second-order valence-electron chi connectivity index (χ2n) is 22.8. The number of nitrogens with zero attached hydrogens (tertiary/aromatic N) is 12. The summed E-state index contributed by atoms with van der Waals surface area (Å²) in [5, 5.41) is 4.10. The number of pyridine rings is 8. The molecule has 0 N–H and O–H groups in total. The Hall–Kier alpha value is -10.2. The first-order valence-corrected chi connectivity index (χ1v) is 29.5. The fraction of sp³-hybridized carbons (Fsp3) is 0.188. The second kappa shape index (κ2) is 23.5. The van der Waals surface area contributed by atoms with E-state index in [9.17, 15) is 0 Å². The average Bonchev–Trinajstić information content (AvgIpc) is 1.58. The first-order chi connectivity index (χ1) is 46.6. The van der Waals surface area contributed by atoms with Crippen molar-refractivity contribution < 1.29 is 48.3 Å². The van der Waals surface area contributed by atoms with Crippen LogP contribution in [0.5, 0.6) is 0 Å². The van der Waals surface area contributed by atoms with Gasteiger partial charge in [0, 0.05) is 123 Å². The Morgan fingerprint density at radius 3 is 1.28 bits per heavy atom. The first kappa shape index (κ1) is 47.9. The number of hydrogen-bond acceptors (Lipinski definition) is 12. The predicted molar refractivity (Wildman–Crippen MR) is 361 cm³/mol. The standard InChI is InChI=1S/C18H19BN3O.3C17H17BN3O/c1-12-10-16(21(4)11-13(12)2)22-9-7-15-17(19(22)3)14-6-5-8-20-18(14)23-15;1-12-6-9-20(3)15(11-12)21-10-7-14-16(18(21)2)13-5-4-8-19-17(13)22-14;1-12-6-7-15(20(3)11-12)21-10-8-13-14-5-4-9-19-17(14)22-16(13)18(21)2;1-12-6-7-15(20(3)11-12)21-10-8-14-16(18(21)2)13-5-4-9-19-17(13)22-14/h5-11H,1-4H3;3*4-11H,1-3H3/q4*+1/i2D3;;2*1D3. The van der Waals surface area contributed by atoms with E-state index >= 15 is 0 Å². The third-order valence-corrected chi connectivity index (χ3v) is 17.0. The van der Waals surface area contributed by atoms with Crippen molar-refractivity contribution in [2.45, 2.75) is 61.7 Å². The van der Waals surface area contributed by atoms with E-state index in [2.05, 4.69) is 116 Å². The number of aryl methyl sites for hydroxylation is 9. The zero-order valence-electron chi connectivity index (χ0n) is 60.2. The van der Waals surface area contributed by atoms with Crippen LogP contribution in [0.4, 0.5) is 23.3 Å². The summed E-state index contributed by atoms with van der Waals surface area (Å²) in [6, 6.07) is 29.0. The number of hydrogen-bond donors (Lipinski definition) is 0. The van der Waals surface area contributed by atoms with Crippen LogP contribution in [0.1, 0.15) is 63.0 Å². The van der Waals surface area contributed by atoms with Crippen molar-refractivity contribution in [3.63, 3.8) is 0 Å². The van der Waals surface area contributed by atoms with E-state index in [1.165, 1.54) is 11.0 Å². The predicted octanol–water partition coefficient (Wildman–Crippen LogP) is 9.43. The molecule has 20 heteroatoms. The lowest BCUT2D eigenvalue weighted by molar-refractivity contribution is -0.658. The second-order valence-corrected chi connectivity index (χ2v) is 22.8. The molecule has 0 atom stereocenters. The fourth-order valence-corrected chi connectivity index (χ4v) is 12.4. The van der Waals surface area contributed by atoms with Gasteiger partial charge in [-0.05, 0) is 162 Å². The molecule has 0 spiro atoms. The maximum atomic E-state index is 7.70. The highest BCUT2D eigenvalue weighted by Crippen LogP contribution is 2.30. The fourth-order valence-electron chi connectivity index (χ4n) is 12.4. The van der Waals surface area contributed by atoms with Gasteiger partial charge in [-0.2, -0.15) is 0 Å². The van der Waals surface area contributed by atoms with Gasteiger partial charge in [0.15, 0.2) is 0 Å². The van der Waals surface area contributed by atoms with Crippen molar-refractivity contribution in [3.05, 3.63) is 216 Å². The van der Waals surface area contributed by atoms with Crippen LogP contribution in [0.2, 0.25) is 27.3 Å². The van der Waals surface area contributed by atoms with E-state index in [0.29, 0.717) is 39.5 Å². The molecule has 89 heavy (non-hydrogen) atoms. The third kappa shape index (κ3) is 10.7. The van der Waals surface area contributed by atoms with Gasteiger partial charge >= 0.3 is 27.4 Å². The Labute approximate surface area is 532 Å². The molecule has 0 aliphatic carbocycles. The van der Waals surface area contributed by atoms with Crippen molar-refractivity contribution in [1.82, 2.24) is 19.9 Å². The van der Waals surface area contributed by atoms with Crippen LogP contribution in [0.25, 0.3) is 68.7 Å². The molecule has 0 fully saturated rings. The summed E-state index contributed by atoms with van der Waals surface area (Å²) in [5.74, 6) is 6.42. The Kier molecular flexibility index (Phi) is 12.6. The summed E-state index contributed by atoms with van der Waals surface area (Å²) in [5.41, 5.74) is 10.9. The SMILES string of the molecule is CB1c2c(oc3ncccc23)C=CN1c1cc(C)cc[n+]1C.[2H]C([2H])([2H])c1c[n+](C)c(N2C=Cc3oc4ncccc4c3B2C)cc1C.[2H]C([2H])([2H])c1ccc(N2C=Cc3c(oc4ncccc34)B2C)[n+](C)c1.[2H]C([2H])([2H])c1ccc(N2C=Cc3oc4ncccc4c3B2C)[n+](C)c1. The molecule has 16 nitrogen and oxygen atoms in total. The molecule has 12 aromatic heterocycles. The molecule has 0 unspecified atom stereocenters. The van der Waals surface area contributed by atoms with E-state index in [-0.39, 0.29) is 27.4 Å². The average molecular weight is 1180 g/mol. The minimum Gasteiger partial charge on any atom is -0.447 e. The van der Waals surface area contributed by atoms with Gasteiger partial charge in [-0.25, -0.2) is 38.2 Å². The van der Waals surface area contributed by atoms with Crippen LogP contribution in [0.3, 0.4) is 0 Å². The number of aromatic nitrogens is 8. The highest BCUT2D eigenvalue weighted by atomic mass is 16.4. The zero-order chi connectivity index (χ0) is 69.4. The van der Waals surface area contributed by atoms with Gasteiger partial charge < -0.3 is 17.7 Å². The lowest BCUT2D eigenvalue weighted by Gasteiger charge is -2.22. The molecule has 16 rings (SSSR count). The monoisotopic (exact) mass is 1180 g/mol. The summed E-state index contributed by atoms with van der Waals surface area (Å²) < 4.78 is 99.7. The maximum absolute atomic E-state index is 7.70. The van der Waals surface area contributed by atoms with Crippen LogP contribution in [-0.2, 0) is 28.2 Å². The van der Waals surface area contributed by atoms with Gasteiger partial charge in [0.2, 0.25) is 22.9 Å². The summed E-state index contributed by atoms with van der Waals surface area (Å²) in [7, 11) is 7.64. The summed E-state index contributed by atoms with van der Waals surface area (Å²) in [6.45, 7) is 6.31. The molecule has 12 aromatic rings. The highest BCUT2D eigenvalue weighted by Gasteiger charge is 2.41. The highest BCUT2D eigenvalue weighted by molar-refractivity contribution is 6.80. The molecule has 4 aliphatic heterocycles. The third-order valence-electron chi connectivity index (χ3n) is 17.0. The van der Waals surface area contributed by atoms with Gasteiger partial charge in [-0.15, -0.1) is 0 Å². The van der Waals surface area contributed by atoms with E-state index < -0.39 is 20.6 Å². The lowest BCUT2D eigenvalue weighted by Crippen LogP contribution is -2.50. The van der Waals surface area contributed by atoms with Crippen LogP contribution in [0.15, 0.2) is 183 Å². The number of furan rings is 4. The quantitative estimate of drug-likeness (QED) is 0.123.